The van der Waals surface area contributed by atoms with Crippen LogP contribution < -0.4 is 5.73 Å². The molecular formula is C18H24ClN3O3. The third-order valence-corrected chi connectivity index (χ3v) is 4.97. The van der Waals surface area contributed by atoms with Gasteiger partial charge in [-0.3, -0.25) is 19.3 Å². The van der Waals surface area contributed by atoms with Crippen molar-refractivity contribution in [3.63, 3.8) is 0 Å². The topological polar surface area (TPSA) is 83.7 Å². The van der Waals surface area contributed by atoms with E-state index in [0.29, 0.717) is 24.2 Å². The number of benzene rings is 1. The smallest absolute Gasteiger partial charge is 0.262 e. The van der Waals surface area contributed by atoms with Crippen LogP contribution in [0.15, 0.2) is 18.2 Å². The quantitative estimate of drug-likeness (QED) is 0.824. The largest absolute Gasteiger partial charge is 0.341 e. The molecule has 1 saturated heterocycles. The van der Waals surface area contributed by atoms with Gasteiger partial charge in [-0.25, -0.2) is 0 Å². The van der Waals surface area contributed by atoms with Gasteiger partial charge in [0.05, 0.1) is 11.1 Å². The van der Waals surface area contributed by atoms with Crippen molar-refractivity contribution in [1.29, 1.82) is 0 Å². The standard InChI is InChI=1S/C18H23N3O3.ClH/c1-11-5-6-14-15(8-11)18(24)21(17(14)23)10-16(22)20-7-3-4-13(9-20)12(2)19;/h5-6,8,12-13H,3-4,7,9-10,19H2,1-2H3;1H. The van der Waals surface area contributed by atoms with Crippen molar-refractivity contribution in [3.8, 4) is 0 Å². The van der Waals surface area contributed by atoms with Crippen molar-refractivity contribution >= 4 is 30.1 Å². The van der Waals surface area contributed by atoms with Gasteiger partial charge in [-0.1, -0.05) is 11.6 Å². The summed E-state index contributed by atoms with van der Waals surface area (Å²) < 4.78 is 0. The van der Waals surface area contributed by atoms with Crippen LogP contribution in [0.25, 0.3) is 0 Å². The molecule has 25 heavy (non-hydrogen) atoms. The van der Waals surface area contributed by atoms with E-state index in [1.165, 1.54) is 0 Å². The second-order valence-electron chi connectivity index (χ2n) is 6.85. The Balaban J connectivity index is 0.00000225. The van der Waals surface area contributed by atoms with Crippen molar-refractivity contribution in [1.82, 2.24) is 9.80 Å². The fourth-order valence-electron chi connectivity index (χ4n) is 3.45. The van der Waals surface area contributed by atoms with E-state index in [2.05, 4.69) is 0 Å². The number of aryl methyl sites for hydroxylation is 1. The lowest BCUT2D eigenvalue weighted by atomic mass is 9.92. The summed E-state index contributed by atoms with van der Waals surface area (Å²) in [6.45, 7) is 4.87. The highest BCUT2D eigenvalue weighted by molar-refractivity contribution is 6.22. The Hall–Kier alpha value is -1.92. The summed E-state index contributed by atoms with van der Waals surface area (Å²) in [5.74, 6) is -0.684. The maximum absolute atomic E-state index is 12.6. The lowest BCUT2D eigenvalue weighted by molar-refractivity contribution is -0.133. The first-order valence-electron chi connectivity index (χ1n) is 8.38. The van der Waals surface area contributed by atoms with Crippen LogP contribution in [0, 0.1) is 12.8 Å². The molecule has 1 fully saturated rings. The van der Waals surface area contributed by atoms with Gasteiger partial charge in [0.2, 0.25) is 5.91 Å². The number of hydrogen-bond acceptors (Lipinski definition) is 4. The summed E-state index contributed by atoms with van der Waals surface area (Å²) in [5.41, 5.74) is 7.64. The molecule has 7 heteroatoms. The van der Waals surface area contributed by atoms with Gasteiger partial charge in [-0.05, 0) is 44.7 Å². The van der Waals surface area contributed by atoms with E-state index in [-0.39, 0.29) is 48.6 Å². The minimum absolute atomic E-state index is 0. The molecule has 2 heterocycles. The monoisotopic (exact) mass is 365 g/mol. The Kier molecular flexibility index (Phi) is 5.85. The molecule has 1 aromatic rings. The molecular weight excluding hydrogens is 342 g/mol. The molecule has 2 N–H and O–H groups in total. The summed E-state index contributed by atoms with van der Waals surface area (Å²) in [6.07, 6.45) is 1.91. The summed E-state index contributed by atoms with van der Waals surface area (Å²) in [4.78, 5) is 40.2. The molecule has 0 bridgehead atoms. The third-order valence-electron chi connectivity index (χ3n) is 4.97. The van der Waals surface area contributed by atoms with Gasteiger partial charge in [0.25, 0.3) is 11.8 Å². The highest BCUT2D eigenvalue weighted by atomic mass is 35.5. The number of halogens is 1. The molecule has 0 spiro atoms. The molecule has 0 saturated carbocycles. The van der Waals surface area contributed by atoms with Crippen molar-refractivity contribution in [2.24, 2.45) is 11.7 Å². The number of amides is 3. The lowest BCUT2D eigenvalue weighted by Crippen LogP contribution is -2.49. The van der Waals surface area contributed by atoms with E-state index < -0.39 is 0 Å². The predicted molar refractivity (Wildman–Crippen MR) is 96.7 cm³/mol. The number of likely N-dealkylation sites (tertiary alicyclic amines) is 1. The number of nitrogens with two attached hydrogens (primary N) is 1. The Morgan fingerprint density at radius 1 is 1.28 bits per heavy atom. The number of carbonyl (C=O) groups is 3. The van der Waals surface area contributed by atoms with Crippen molar-refractivity contribution < 1.29 is 14.4 Å². The van der Waals surface area contributed by atoms with Gasteiger partial charge in [0.1, 0.15) is 6.54 Å². The van der Waals surface area contributed by atoms with Gasteiger partial charge >= 0.3 is 0 Å². The average Bonchev–Trinajstić information content (AvgIpc) is 2.79. The van der Waals surface area contributed by atoms with Gasteiger partial charge < -0.3 is 10.6 Å². The van der Waals surface area contributed by atoms with Gasteiger partial charge in [-0.2, -0.15) is 0 Å². The fraction of sp³-hybridized carbons (Fsp3) is 0.500. The Bertz CT molecular complexity index is 705. The molecule has 3 rings (SSSR count). The maximum Gasteiger partial charge on any atom is 0.262 e. The minimum atomic E-state index is -0.385. The maximum atomic E-state index is 12.6. The van der Waals surface area contributed by atoms with Crippen molar-refractivity contribution in [3.05, 3.63) is 34.9 Å². The van der Waals surface area contributed by atoms with E-state index in [4.69, 9.17) is 5.73 Å². The molecule has 3 amide bonds. The summed E-state index contributed by atoms with van der Waals surface area (Å²) >= 11 is 0. The number of fused-ring (bicyclic) bond motifs is 1. The molecule has 6 nitrogen and oxygen atoms in total. The van der Waals surface area contributed by atoms with Crippen LogP contribution in [-0.4, -0.2) is 53.2 Å². The molecule has 0 aromatic heterocycles. The van der Waals surface area contributed by atoms with E-state index in [1.54, 1.807) is 23.1 Å². The van der Waals surface area contributed by atoms with Crippen LogP contribution in [0.2, 0.25) is 0 Å². The second-order valence-corrected chi connectivity index (χ2v) is 6.85. The lowest BCUT2D eigenvalue weighted by Gasteiger charge is -2.35. The van der Waals surface area contributed by atoms with Gasteiger partial charge in [0.15, 0.2) is 0 Å². The Morgan fingerprint density at radius 2 is 1.96 bits per heavy atom. The first-order chi connectivity index (χ1) is 11.4. The molecule has 1 aromatic carbocycles. The number of hydrogen-bond donors (Lipinski definition) is 1. The highest BCUT2D eigenvalue weighted by Crippen LogP contribution is 2.25. The van der Waals surface area contributed by atoms with Crippen LogP contribution in [0.4, 0.5) is 0 Å². The van der Waals surface area contributed by atoms with Crippen molar-refractivity contribution in [2.45, 2.75) is 32.7 Å². The SMILES string of the molecule is Cc1ccc2c(c1)C(=O)N(CC(=O)N1CCCC(C(C)N)C1)C2=O.Cl. The van der Waals surface area contributed by atoms with E-state index in [1.807, 2.05) is 13.8 Å². The molecule has 0 radical (unpaired) electrons. The Labute approximate surface area is 153 Å². The molecule has 2 aliphatic rings. The zero-order chi connectivity index (χ0) is 17.4. The Morgan fingerprint density at radius 3 is 2.64 bits per heavy atom. The molecule has 2 atom stereocenters. The second kappa shape index (κ2) is 7.54. The number of rotatable bonds is 3. The number of carbonyl (C=O) groups excluding carboxylic acids is 3. The zero-order valence-electron chi connectivity index (χ0n) is 14.5. The van der Waals surface area contributed by atoms with Crippen LogP contribution in [-0.2, 0) is 4.79 Å². The normalized spacial score (nSPS) is 21.0. The first-order valence-corrected chi connectivity index (χ1v) is 8.38. The van der Waals surface area contributed by atoms with Gasteiger partial charge in [-0.15, -0.1) is 12.4 Å². The molecule has 2 unspecified atom stereocenters. The highest BCUT2D eigenvalue weighted by Gasteiger charge is 2.38. The minimum Gasteiger partial charge on any atom is -0.341 e. The third kappa shape index (κ3) is 3.70. The predicted octanol–water partition coefficient (Wildman–Crippen LogP) is 1.60. The summed E-state index contributed by atoms with van der Waals surface area (Å²) in [5, 5.41) is 0. The van der Waals surface area contributed by atoms with Crippen LogP contribution in [0.3, 0.4) is 0 Å². The van der Waals surface area contributed by atoms with E-state index >= 15 is 0 Å². The molecule has 2 aliphatic heterocycles. The fourth-order valence-corrected chi connectivity index (χ4v) is 3.45. The number of imide groups is 1. The van der Waals surface area contributed by atoms with Crippen LogP contribution in [0.1, 0.15) is 46.0 Å². The van der Waals surface area contributed by atoms with E-state index in [0.717, 1.165) is 23.3 Å². The van der Waals surface area contributed by atoms with Crippen LogP contribution in [0.5, 0.6) is 0 Å². The van der Waals surface area contributed by atoms with Crippen LogP contribution >= 0.6 is 12.4 Å². The van der Waals surface area contributed by atoms with E-state index in [9.17, 15) is 14.4 Å². The molecule has 0 aliphatic carbocycles. The van der Waals surface area contributed by atoms with Gasteiger partial charge in [0, 0.05) is 19.1 Å². The number of nitrogens with zero attached hydrogens (tertiary/aromatic N) is 2. The molecule has 136 valence electrons. The summed E-state index contributed by atoms with van der Waals surface area (Å²) in [6, 6.07) is 5.19. The number of piperidine rings is 1. The zero-order valence-corrected chi connectivity index (χ0v) is 15.3. The van der Waals surface area contributed by atoms with Crippen molar-refractivity contribution in [2.75, 3.05) is 19.6 Å². The average molecular weight is 366 g/mol. The first kappa shape index (κ1) is 19.4. The summed E-state index contributed by atoms with van der Waals surface area (Å²) in [7, 11) is 0.